The number of pyridine rings is 1. The van der Waals surface area contributed by atoms with E-state index in [4.69, 9.17) is 11.6 Å². The molecule has 0 radical (unpaired) electrons. The zero-order chi connectivity index (χ0) is 19.7. The van der Waals surface area contributed by atoms with Crippen molar-refractivity contribution in [3.05, 3.63) is 86.7 Å². The lowest BCUT2D eigenvalue weighted by Gasteiger charge is -2.15. The van der Waals surface area contributed by atoms with Gasteiger partial charge in [0, 0.05) is 29.0 Å². The van der Waals surface area contributed by atoms with Gasteiger partial charge in [-0.1, -0.05) is 0 Å². The molecule has 1 aromatic carbocycles. The first-order valence-electron chi connectivity index (χ1n) is 8.30. The van der Waals surface area contributed by atoms with Crippen LogP contribution in [-0.4, -0.2) is 30.3 Å². The number of thioether (sulfide) groups is 1. The fourth-order valence-electron chi connectivity index (χ4n) is 2.89. The van der Waals surface area contributed by atoms with Crippen LogP contribution in [0.1, 0.15) is 5.56 Å². The van der Waals surface area contributed by atoms with Crippen LogP contribution in [0.4, 0.5) is 0 Å². The molecule has 2 aromatic rings. The maximum Gasteiger partial charge on any atom is 0.357 e. The second-order valence-electron chi connectivity index (χ2n) is 5.97. The molecule has 0 amide bonds. The summed E-state index contributed by atoms with van der Waals surface area (Å²) in [5.74, 6) is 0.310. The summed E-state index contributed by atoms with van der Waals surface area (Å²) in [6.07, 6.45) is 6.89. The Morgan fingerprint density at radius 2 is 1.79 bits per heavy atom. The average molecular weight is 412 g/mol. The minimum atomic E-state index is -0.623. The molecule has 7 nitrogen and oxygen atoms in total. The van der Waals surface area contributed by atoms with Crippen molar-refractivity contribution in [2.24, 2.45) is 0 Å². The van der Waals surface area contributed by atoms with Gasteiger partial charge in [-0.2, -0.15) is 4.98 Å². The third-order valence-electron chi connectivity index (χ3n) is 4.23. The van der Waals surface area contributed by atoms with Crippen LogP contribution in [0.5, 0.6) is 0 Å². The minimum absolute atomic E-state index is 0.155. The second kappa shape index (κ2) is 7.57. The fourth-order valence-corrected chi connectivity index (χ4v) is 3.39. The van der Waals surface area contributed by atoms with Crippen LogP contribution in [0.2, 0.25) is 5.28 Å². The van der Waals surface area contributed by atoms with Crippen molar-refractivity contribution in [1.29, 1.82) is 0 Å². The molecule has 0 saturated carbocycles. The largest absolute Gasteiger partial charge is 0.357 e. The number of halogens is 1. The highest BCUT2D eigenvalue weighted by atomic mass is 35.5. The summed E-state index contributed by atoms with van der Waals surface area (Å²) in [6, 6.07) is 10.6. The van der Waals surface area contributed by atoms with Crippen LogP contribution in [0, 0.1) is 0 Å². The van der Waals surface area contributed by atoms with Gasteiger partial charge in [-0.25, -0.2) is 19.3 Å². The first-order chi connectivity index (χ1) is 13.6. The Morgan fingerprint density at radius 3 is 2.46 bits per heavy atom. The Labute approximate surface area is 169 Å². The van der Waals surface area contributed by atoms with E-state index >= 15 is 0 Å². The summed E-state index contributed by atoms with van der Waals surface area (Å²) in [6.45, 7) is 0.354. The van der Waals surface area contributed by atoms with E-state index in [0.717, 1.165) is 15.0 Å². The number of rotatable bonds is 4. The molecule has 2 aliphatic heterocycles. The van der Waals surface area contributed by atoms with Gasteiger partial charge in [-0.3, -0.25) is 4.79 Å². The third kappa shape index (κ3) is 3.44. The first kappa shape index (κ1) is 18.4. The summed E-state index contributed by atoms with van der Waals surface area (Å²) >= 11 is 7.30. The van der Waals surface area contributed by atoms with Gasteiger partial charge in [0.25, 0.3) is 5.56 Å². The van der Waals surface area contributed by atoms with Crippen LogP contribution in [0.25, 0.3) is 17.1 Å². The molecular weight excluding hydrogens is 398 g/mol. The summed E-state index contributed by atoms with van der Waals surface area (Å²) in [5, 5.41) is 0.155. The standard InChI is InChI=1S/C19H14ClN5O2S/c1-28-14-6-4-13(5-7-14)25-17(26)15-3-2-8-24(16(15)23-19(25)27)11-12-9-21-18(20)22-10-12/h2-10H,11H2,1H3. The Hall–Kier alpha value is -2.97. The average Bonchev–Trinajstić information content (AvgIpc) is 2.71. The molecule has 1 aromatic heterocycles. The molecule has 0 saturated heterocycles. The highest BCUT2D eigenvalue weighted by Crippen LogP contribution is 2.18. The van der Waals surface area contributed by atoms with Gasteiger partial charge in [-0.05, 0) is 54.3 Å². The first-order valence-corrected chi connectivity index (χ1v) is 9.90. The summed E-state index contributed by atoms with van der Waals surface area (Å²) in [7, 11) is 0. The maximum absolute atomic E-state index is 13.0. The van der Waals surface area contributed by atoms with Crippen LogP contribution >= 0.6 is 23.4 Å². The number of benzene rings is 1. The highest BCUT2D eigenvalue weighted by molar-refractivity contribution is 7.98. The van der Waals surface area contributed by atoms with E-state index in [9.17, 15) is 9.59 Å². The van der Waals surface area contributed by atoms with Crippen molar-refractivity contribution in [2.75, 3.05) is 6.26 Å². The highest BCUT2D eigenvalue weighted by Gasteiger charge is 2.18. The van der Waals surface area contributed by atoms with Crippen molar-refractivity contribution in [2.45, 2.75) is 11.4 Å². The molecule has 0 atom stereocenters. The third-order valence-corrected chi connectivity index (χ3v) is 5.16. The number of fused-ring (bicyclic) bond motifs is 1. The molecule has 140 valence electrons. The van der Waals surface area contributed by atoms with Gasteiger partial charge < -0.3 is 4.57 Å². The second-order valence-corrected chi connectivity index (χ2v) is 7.18. The zero-order valence-corrected chi connectivity index (χ0v) is 16.3. The van der Waals surface area contributed by atoms with E-state index in [0.29, 0.717) is 23.6 Å². The summed E-state index contributed by atoms with van der Waals surface area (Å²) in [4.78, 5) is 38.8. The quantitative estimate of drug-likeness (QED) is 0.379. The predicted octanol–water partition coefficient (Wildman–Crippen LogP) is 2.71. The van der Waals surface area contributed by atoms with Crippen molar-refractivity contribution in [3.8, 4) is 17.1 Å². The molecule has 9 heteroatoms. The van der Waals surface area contributed by atoms with Gasteiger partial charge >= 0.3 is 5.69 Å². The molecule has 4 rings (SSSR count). The van der Waals surface area contributed by atoms with Crippen molar-refractivity contribution >= 4 is 23.4 Å². The van der Waals surface area contributed by atoms with Gasteiger partial charge in [0.15, 0.2) is 5.82 Å². The smallest absolute Gasteiger partial charge is 0.328 e. The molecular formula is C19H14ClN5O2S. The number of hydrogen-bond acceptors (Lipinski definition) is 6. The van der Waals surface area contributed by atoms with E-state index in [2.05, 4.69) is 15.0 Å². The van der Waals surface area contributed by atoms with Gasteiger partial charge in [-0.15, -0.1) is 11.8 Å². The van der Waals surface area contributed by atoms with Crippen LogP contribution in [-0.2, 0) is 6.54 Å². The SMILES string of the molecule is CSc1ccc(-n2c(=O)nc3n(Cc4cnc(Cl)nc4)cccc-3c2=O)cc1. The van der Waals surface area contributed by atoms with Crippen LogP contribution in [0.15, 0.2) is 69.5 Å². The van der Waals surface area contributed by atoms with E-state index in [1.165, 1.54) is 0 Å². The molecule has 0 unspecified atom stereocenters. The van der Waals surface area contributed by atoms with Gasteiger partial charge in [0.2, 0.25) is 5.28 Å². The summed E-state index contributed by atoms with van der Waals surface area (Å²) in [5.41, 5.74) is 0.581. The normalized spacial score (nSPS) is 11.1. The van der Waals surface area contributed by atoms with E-state index in [-0.39, 0.29) is 5.28 Å². The lowest BCUT2D eigenvalue weighted by Crippen LogP contribution is -2.36. The number of nitrogens with zero attached hydrogens (tertiary/aromatic N) is 5. The lowest BCUT2D eigenvalue weighted by atomic mass is 10.2. The fraction of sp³-hybridized carbons (Fsp3) is 0.105. The van der Waals surface area contributed by atoms with E-state index < -0.39 is 11.2 Å². The number of aromatic nitrogens is 5. The maximum atomic E-state index is 13.0. The number of hydrogen-bond donors (Lipinski definition) is 0. The van der Waals surface area contributed by atoms with Crippen LogP contribution in [0.3, 0.4) is 0 Å². The minimum Gasteiger partial charge on any atom is -0.328 e. The molecule has 0 spiro atoms. The molecule has 0 N–H and O–H groups in total. The Balaban J connectivity index is 1.83. The van der Waals surface area contributed by atoms with Gasteiger partial charge in [0.05, 0.1) is 17.8 Å². The van der Waals surface area contributed by atoms with Crippen LogP contribution < -0.4 is 11.2 Å². The molecule has 0 fully saturated rings. The monoisotopic (exact) mass is 411 g/mol. The topological polar surface area (TPSA) is 82.7 Å². The molecule has 3 heterocycles. The Bertz CT molecular complexity index is 1220. The van der Waals surface area contributed by atoms with Crippen molar-refractivity contribution in [3.63, 3.8) is 0 Å². The van der Waals surface area contributed by atoms with E-state index in [1.807, 2.05) is 18.4 Å². The molecule has 2 aliphatic rings. The van der Waals surface area contributed by atoms with E-state index in [1.54, 1.807) is 59.2 Å². The van der Waals surface area contributed by atoms with Crippen molar-refractivity contribution < 1.29 is 0 Å². The zero-order valence-electron chi connectivity index (χ0n) is 14.7. The Morgan fingerprint density at radius 1 is 1.07 bits per heavy atom. The molecule has 28 heavy (non-hydrogen) atoms. The van der Waals surface area contributed by atoms with Crippen molar-refractivity contribution in [1.82, 2.24) is 24.1 Å². The predicted molar refractivity (Wildman–Crippen MR) is 109 cm³/mol. The molecule has 0 aliphatic carbocycles. The molecule has 0 bridgehead atoms. The van der Waals surface area contributed by atoms with Gasteiger partial charge in [0.1, 0.15) is 0 Å². The Kier molecular flexibility index (Phi) is 4.97. The lowest BCUT2D eigenvalue weighted by molar-refractivity contribution is 0.747. The summed E-state index contributed by atoms with van der Waals surface area (Å²) < 4.78 is 2.80.